The summed E-state index contributed by atoms with van der Waals surface area (Å²) in [5, 5.41) is 14.1. The van der Waals surface area contributed by atoms with Crippen LogP contribution in [0.3, 0.4) is 0 Å². The molecule has 0 heterocycles. The Labute approximate surface area is 72.0 Å². The van der Waals surface area contributed by atoms with Gasteiger partial charge >= 0.3 is 0 Å². The number of hydrogen-bond donors (Lipinski definition) is 2. The number of aliphatic hydroxyl groups is 2. The Bertz CT molecular complexity index is 50.5. The maximum absolute atomic E-state index is 7.00. The normalized spacial score (nSPS) is 8.64. The van der Waals surface area contributed by atoms with Crippen LogP contribution in [-0.4, -0.2) is 32.3 Å². The van der Waals surface area contributed by atoms with Gasteiger partial charge < -0.3 is 10.2 Å². The van der Waals surface area contributed by atoms with Crippen molar-refractivity contribution in [2.45, 2.75) is 38.9 Å². The van der Waals surface area contributed by atoms with Crippen LogP contribution in [0, 0.1) is 0 Å². The summed E-state index contributed by atoms with van der Waals surface area (Å²) in [6, 6.07) is 0. The molecule has 0 saturated carbocycles. The third-order valence-electron chi connectivity index (χ3n) is 0.894. The zero-order valence-corrected chi connectivity index (χ0v) is 8.39. The maximum atomic E-state index is 7.00. The Hall–Kier alpha value is -0.0151. The van der Waals surface area contributed by atoms with Crippen molar-refractivity contribution in [1.82, 2.24) is 0 Å². The van der Waals surface area contributed by atoms with Gasteiger partial charge in [0.25, 0.3) is 0 Å². The molecule has 11 heavy (non-hydrogen) atoms. The Kier molecular flexibility index (Phi) is 19.7. The molecular formula is C8H21BO2. The molecule has 0 rings (SSSR count). The average Bonchev–Trinajstić information content (AvgIpc) is 1.94. The minimum atomic E-state index is 0.0503. The lowest BCUT2D eigenvalue weighted by atomic mass is 9.70. The van der Waals surface area contributed by atoms with E-state index < -0.39 is 0 Å². The molecule has 2 radical (unpaired) electrons. The highest BCUT2D eigenvalue weighted by molar-refractivity contribution is 6.14. The van der Waals surface area contributed by atoms with Crippen molar-refractivity contribution >= 4 is 7.85 Å². The van der Waals surface area contributed by atoms with E-state index in [2.05, 4.69) is 20.8 Å². The highest BCUT2D eigenvalue weighted by Crippen LogP contribution is 2.24. The van der Waals surface area contributed by atoms with Gasteiger partial charge in [0, 0.05) is 14.2 Å². The Balaban J connectivity index is -0.000000138. The third kappa shape index (κ3) is 40.1. The van der Waals surface area contributed by atoms with E-state index in [1.807, 2.05) is 0 Å². The summed E-state index contributed by atoms with van der Waals surface area (Å²) in [5.41, 5.74) is 0. The van der Waals surface area contributed by atoms with Crippen LogP contribution in [0.25, 0.3) is 0 Å². The van der Waals surface area contributed by atoms with Crippen molar-refractivity contribution in [3.8, 4) is 0 Å². The largest absolute Gasteiger partial charge is 0.400 e. The van der Waals surface area contributed by atoms with E-state index in [1.165, 1.54) is 6.42 Å². The summed E-state index contributed by atoms with van der Waals surface area (Å²) in [5.74, 6) is 0. The standard InChI is InChI=1S/C6H13B.2CH4O/c1-4-5-6(2,3)7;2*1-2/h4-5H2,1-3H3;2*2H,1H3. The van der Waals surface area contributed by atoms with E-state index in [-0.39, 0.29) is 5.31 Å². The van der Waals surface area contributed by atoms with Crippen molar-refractivity contribution in [3.63, 3.8) is 0 Å². The number of rotatable bonds is 2. The Morgan fingerprint density at radius 2 is 1.36 bits per heavy atom. The summed E-state index contributed by atoms with van der Waals surface area (Å²) in [6.07, 6.45) is 2.30. The van der Waals surface area contributed by atoms with E-state index in [9.17, 15) is 0 Å². The molecule has 0 aliphatic carbocycles. The quantitative estimate of drug-likeness (QED) is 0.599. The minimum absolute atomic E-state index is 0.0503. The molecule has 0 atom stereocenters. The van der Waals surface area contributed by atoms with Crippen LogP contribution in [0.5, 0.6) is 0 Å². The van der Waals surface area contributed by atoms with Gasteiger partial charge in [-0.05, 0) is 0 Å². The first-order valence-electron chi connectivity index (χ1n) is 3.74. The van der Waals surface area contributed by atoms with Gasteiger partial charge in [-0.25, -0.2) is 0 Å². The van der Waals surface area contributed by atoms with Crippen molar-refractivity contribution in [2.24, 2.45) is 0 Å². The second kappa shape index (κ2) is 12.6. The minimum Gasteiger partial charge on any atom is -0.400 e. The summed E-state index contributed by atoms with van der Waals surface area (Å²) >= 11 is 0. The predicted molar refractivity (Wildman–Crippen MR) is 51.0 cm³/mol. The van der Waals surface area contributed by atoms with Crippen molar-refractivity contribution in [1.29, 1.82) is 0 Å². The molecule has 0 saturated heterocycles. The second-order valence-electron chi connectivity index (χ2n) is 2.74. The van der Waals surface area contributed by atoms with E-state index in [1.54, 1.807) is 0 Å². The molecule has 0 aromatic heterocycles. The van der Waals surface area contributed by atoms with Crippen LogP contribution in [0.2, 0.25) is 5.31 Å². The fourth-order valence-corrected chi connectivity index (χ4v) is 0.644. The molecule has 0 aromatic carbocycles. The van der Waals surface area contributed by atoms with Crippen molar-refractivity contribution in [2.75, 3.05) is 14.2 Å². The van der Waals surface area contributed by atoms with Crippen LogP contribution in [-0.2, 0) is 0 Å². The molecule has 3 heteroatoms. The third-order valence-corrected chi connectivity index (χ3v) is 0.894. The molecule has 0 bridgehead atoms. The van der Waals surface area contributed by atoms with E-state index in [4.69, 9.17) is 18.1 Å². The molecule has 2 N–H and O–H groups in total. The Morgan fingerprint density at radius 1 is 1.09 bits per heavy atom. The fourth-order valence-electron chi connectivity index (χ4n) is 0.644. The van der Waals surface area contributed by atoms with Crippen LogP contribution < -0.4 is 0 Å². The first kappa shape index (κ1) is 17.2. The number of aliphatic hydroxyl groups excluding tert-OH is 2. The van der Waals surface area contributed by atoms with Gasteiger partial charge in [-0.3, -0.25) is 0 Å². The molecule has 0 spiro atoms. The van der Waals surface area contributed by atoms with Gasteiger partial charge in [0.15, 0.2) is 0 Å². The summed E-state index contributed by atoms with van der Waals surface area (Å²) < 4.78 is 0. The topological polar surface area (TPSA) is 40.5 Å². The van der Waals surface area contributed by atoms with Crippen molar-refractivity contribution in [3.05, 3.63) is 0 Å². The van der Waals surface area contributed by atoms with Gasteiger partial charge in [-0.15, -0.1) is 0 Å². The van der Waals surface area contributed by atoms with E-state index in [0.717, 1.165) is 20.6 Å². The summed E-state index contributed by atoms with van der Waals surface area (Å²) in [7, 11) is 7.65. The lowest BCUT2D eigenvalue weighted by Gasteiger charge is -2.15. The van der Waals surface area contributed by atoms with E-state index in [0.29, 0.717) is 0 Å². The number of hydrogen-bond acceptors (Lipinski definition) is 2. The molecule has 0 aliphatic rings. The van der Waals surface area contributed by atoms with Gasteiger partial charge in [0.1, 0.15) is 0 Å². The molecular weight excluding hydrogens is 139 g/mol. The van der Waals surface area contributed by atoms with Crippen LogP contribution in [0.4, 0.5) is 0 Å². The van der Waals surface area contributed by atoms with Gasteiger partial charge in [0.05, 0.1) is 7.85 Å². The molecule has 0 aliphatic heterocycles. The van der Waals surface area contributed by atoms with Gasteiger partial charge in [-0.2, -0.15) is 0 Å². The van der Waals surface area contributed by atoms with Crippen LogP contribution >= 0.6 is 0 Å². The summed E-state index contributed by atoms with van der Waals surface area (Å²) in [6.45, 7) is 6.25. The molecule has 0 unspecified atom stereocenters. The predicted octanol–water partition coefficient (Wildman–Crippen LogP) is 1.37. The zero-order valence-electron chi connectivity index (χ0n) is 8.39. The zero-order chi connectivity index (χ0) is 9.91. The first-order valence-corrected chi connectivity index (χ1v) is 3.74. The first-order chi connectivity index (χ1) is 5.06. The van der Waals surface area contributed by atoms with Gasteiger partial charge in [0.2, 0.25) is 0 Å². The fraction of sp³-hybridized carbons (Fsp3) is 1.00. The highest BCUT2D eigenvalue weighted by atomic mass is 16.2. The lowest BCUT2D eigenvalue weighted by molar-refractivity contribution is 0.399. The molecule has 0 fully saturated rings. The second-order valence-corrected chi connectivity index (χ2v) is 2.74. The average molecular weight is 160 g/mol. The van der Waals surface area contributed by atoms with Gasteiger partial charge in [-0.1, -0.05) is 38.9 Å². The van der Waals surface area contributed by atoms with Crippen molar-refractivity contribution < 1.29 is 10.2 Å². The SMILES string of the molecule is CO.CO.[B]C(C)(C)CCC. The lowest BCUT2D eigenvalue weighted by Crippen LogP contribution is -1.99. The van der Waals surface area contributed by atoms with Crippen LogP contribution in [0.1, 0.15) is 33.6 Å². The molecule has 0 aromatic rings. The van der Waals surface area contributed by atoms with Crippen LogP contribution in [0.15, 0.2) is 0 Å². The van der Waals surface area contributed by atoms with E-state index >= 15 is 0 Å². The highest BCUT2D eigenvalue weighted by Gasteiger charge is 2.05. The molecule has 0 amide bonds. The molecule has 2 nitrogen and oxygen atoms in total. The smallest absolute Gasteiger partial charge is 0.0738 e. The summed E-state index contributed by atoms with van der Waals surface area (Å²) in [4.78, 5) is 0. The maximum Gasteiger partial charge on any atom is 0.0738 e. The Morgan fingerprint density at radius 3 is 1.36 bits per heavy atom. The molecule has 68 valence electrons. The monoisotopic (exact) mass is 160 g/mol.